The van der Waals surface area contributed by atoms with Gasteiger partial charge in [-0.15, -0.1) is 0 Å². The number of carboxylic acid groups (broad SMARTS) is 1. The monoisotopic (exact) mass is 248 g/mol. The molecule has 5 nitrogen and oxygen atoms in total. The van der Waals surface area contributed by atoms with Crippen LogP contribution in [0.25, 0.3) is 0 Å². The number of hydrogen-bond acceptors (Lipinski definition) is 4. The van der Waals surface area contributed by atoms with Crippen molar-refractivity contribution in [2.75, 3.05) is 20.2 Å². The average molecular weight is 248 g/mol. The van der Waals surface area contributed by atoms with Crippen molar-refractivity contribution in [3.05, 3.63) is 29.8 Å². The van der Waals surface area contributed by atoms with E-state index in [0.717, 1.165) is 0 Å². The Balaban J connectivity index is 2.37. The number of nitrogens with zero attached hydrogens (tertiary/aromatic N) is 2. The molecule has 96 valence electrons. The smallest absolute Gasteiger partial charge is 0.320 e. The summed E-state index contributed by atoms with van der Waals surface area (Å²) in [5, 5.41) is 17.5. The van der Waals surface area contributed by atoms with Crippen LogP contribution in [0.2, 0.25) is 0 Å². The van der Waals surface area contributed by atoms with E-state index in [0.29, 0.717) is 24.5 Å². The SMILES string of the molecule is CC(C(=O)O)N(C)CCOc1ccc(C#N)cc1. The Morgan fingerprint density at radius 2 is 2.11 bits per heavy atom. The maximum Gasteiger partial charge on any atom is 0.320 e. The summed E-state index contributed by atoms with van der Waals surface area (Å²) in [4.78, 5) is 12.4. The summed E-state index contributed by atoms with van der Waals surface area (Å²) in [5.74, 6) is -0.179. The average Bonchev–Trinajstić information content (AvgIpc) is 2.38. The Hall–Kier alpha value is -2.06. The van der Waals surface area contributed by atoms with Crippen molar-refractivity contribution in [2.24, 2.45) is 0 Å². The van der Waals surface area contributed by atoms with Crippen LogP contribution in [0.4, 0.5) is 0 Å². The predicted molar refractivity (Wildman–Crippen MR) is 66.4 cm³/mol. The lowest BCUT2D eigenvalue weighted by atomic mass is 10.2. The molecule has 1 unspecified atom stereocenters. The van der Waals surface area contributed by atoms with E-state index < -0.39 is 12.0 Å². The Morgan fingerprint density at radius 3 is 2.61 bits per heavy atom. The van der Waals surface area contributed by atoms with Gasteiger partial charge in [0.1, 0.15) is 18.4 Å². The zero-order chi connectivity index (χ0) is 13.5. The zero-order valence-electron chi connectivity index (χ0n) is 10.5. The van der Waals surface area contributed by atoms with Crippen molar-refractivity contribution in [2.45, 2.75) is 13.0 Å². The molecule has 1 rings (SSSR count). The number of rotatable bonds is 6. The van der Waals surface area contributed by atoms with Gasteiger partial charge in [-0.1, -0.05) is 0 Å². The van der Waals surface area contributed by atoms with Crippen molar-refractivity contribution in [1.82, 2.24) is 4.90 Å². The molecule has 0 spiro atoms. The van der Waals surface area contributed by atoms with Gasteiger partial charge in [-0.2, -0.15) is 5.26 Å². The lowest BCUT2D eigenvalue weighted by Crippen LogP contribution is -2.38. The van der Waals surface area contributed by atoms with Crippen LogP contribution < -0.4 is 4.74 Å². The first-order valence-electron chi connectivity index (χ1n) is 5.60. The standard InChI is InChI=1S/C13H16N2O3/c1-10(13(16)17)15(2)7-8-18-12-5-3-11(9-14)4-6-12/h3-6,10H,7-8H2,1-2H3,(H,16,17). The lowest BCUT2D eigenvalue weighted by Gasteiger charge is -2.20. The van der Waals surface area contributed by atoms with Gasteiger partial charge in [0.15, 0.2) is 0 Å². The normalized spacial score (nSPS) is 11.9. The molecule has 1 N–H and O–H groups in total. The Bertz CT molecular complexity index is 437. The van der Waals surface area contributed by atoms with E-state index in [2.05, 4.69) is 0 Å². The van der Waals surface area contributed by atoms with E-state index in [1.807, 2.05) is 6.07 Å². The quantitative estimate of drug-likeness (QED) is 0.822. The third-order valence-electron chi connectivity index (χ3n) is 2.71. The second kappa shape index (κ2) is 6.62. The van der Waals surface area contributed by atoms with E-state index >= 15 is 0 Å². The maximum atomic E-state index is 10.7. The molecule has 0 aliphatic rings. The fourth-order valence-corrected chi connectivity index (χ4v) is 1.32. The number of benzene rings is 1. The summed E-state index contributed by atoms with van der Waals surface area (Å²) >= 11 is 0. The van der Waals surface area contributed by atoms with Crippen LogP contribution in [0, 0.1) is 11.3 Å². The molecule has 0 heterocycles. The molecular formula is C13H16N2O3. The first-order valence-corrected chi connectivity index (χ1v) is 5.60. The molecule has 1 aromatic rings. The molecule has 1 aromatic carbocycles. The fourth-order valence-electron chi connectivity index (χ4n) is 1.32. The fraction of sp³-hybridized carbons (Fsp3) is 0.385. The van der Waals surface area contributed by atoms with Gasteiger partial charge < -0.3 is 9.84 Å². The molecule has 0 bridgehead atoms. The minimum atomic E-state index is -0.851. The first kappa shape index (κ1) is 14.0. The zero-order valence-corrected chi connectivity index (χ0v) is 10.5. The molecule has 0 aliphatic heterocycles. The Morgan fingerprint density at radius 1 is 1.50 bits per heavy atom. The molecular weight excluding hydrogens is 232 g/mol. The van der Waals surface area contributed by atoms with Crippen molar-refractivity contribution in [3.8, 4) is 11.8 Å². The molecule has 0 radical (unpaired) electrons. The number of aliphatic carboxylic acids is 1. The van der Waals surface area contributed by atoms with E-state index in [1.54, 1.807) is 43.1 Å². The predicted octanol–water partition coefficient (Wildman–Crippen LogP) is 1.34. The maximum absolute atomic E-state index is 10.7. The van der Waals surface area contributed by atoms with Crippen LogP contribution in [0.1, 0.15) is 12.5 Å². The Labute approximate surface area is 106 Å². The number of carbonyl (C=O) groups is 1. The van der Waals surface area contributed by atoms with E-state index in [9.17, 15) is 4.79 Å². The lowest BCUT2D eigenvalue weighted by molar-refractivity contribution is -0.142. The highest BCUT2D eigenvalue weighted by Gasteiger charge is 2.15. The van der Waals surface area contributed by atoms with Crippen molar-refractivity contribution >= 4 is 5.97 Å². The molecule has 1 atom stereocenters. The molecule has 5 heteroatoms. The van der Waals surface area contributed by atoms with Gasteiger partial charge in [-0.05, 0) is 38.2 Å². The summed E-state index contributed by atoms with van der Waals surface area (Å²) in [6, 6.07) is 8.30. The number of nitriles is 1. The Kier molecular flexibility index (Phi) is 5.15. The van der Waals surface area contributed by atoms with Crippen molar-refractivity contribution in [1.29, 1.82) is 5.26 Å². The van der Waals surface area contributed by atoms with Crippen LogP contribution in [-0.4, -0.2) is 42.2 Å². The van der Waals surface area contributed by atoms with Gasteiger partial charge in [0.25, 0.3) is 0 Å². The number of carboxylic acids is 1. The highest BCUT2D eigenvalue weighted by atomic mass is 16.5. The summed E-state index contributed by atoms with van der Waals surface area (Å²) in [7, 11) is 1.74. The van der Waals surface area contributed by atoms with Gasteiger partial charge in [0.05, 0.1) is 11.6 Å². The topological polar surface area (TPSA) is 73.6 Å². The van der Waals surface area contributed by atoms with Gasteiger partial charge in [0.2, 0.25) is 0 Å². The number of ether oxygens (including phenoxy) is 1. The second-order valence-corrected chi connectivity index (χ2v) is 3.98. The van der Waals surface area contributed by atoms with Gasteiger partial charge in [-0.3, -0.25) is 9.69 Å². The molecule has 0 amide bonds. The molecule has 0 saturated carbocycles. The number of likely N-dealkylation sites (N-methyl/N-ethyl adjacent to an activating group) is 1. The van der Waals surface area contributed by atoms with E-state index in [-0.39, 0.29) is 0 Å². The van der Waals surface area contributed by atoms with Crippen LogP contribution >= 0.6 is 0 Å². The minimum Gasteiger partial charge on any atom is -0.492 e. The van der Waals surface area contributed by atoms with Gasteiger partial charge >= 0.3 is 5.97 Å². The molecule has 0 aromatic heterocycles. The van der Waals surface area contributed by atoms with Gasteiger partial charge in [0, 0.05) is 6.54 Å². The summed E-state index contributed by atoms with van der Waals surface area (Å²) in [5.41, 5.74) is 0.582. The first-order chi connectivity index (χ1) is 8.54. The van der Waals surface area contributed by atoms with Crippen LogP contribution in [-0.2, 0) is 4.79 Å². The molecule has 0 saturated heterocycles. The highest BCUT2D eigenvalue weighted by molar-refractivity contribution is 5.72. The third kappa shape index (κ3) is 4.07. The summed E-state index contributed by atoms with van der Waals surface area (Å²) in [6.07, 6.45) is 0. The largest absolute Gasteiger partial charge is 0.492 e. The van der Waals surface area contributed by atoms with E-state index in [1.165, 1.54) is 0 Å². The van der Waals surface area contributed by atoms with Crippen molar-refractivity contribution in [3.63, 3.8) is 0 Å². The van der Waals surface area contributed by atoms with Crippen LogP contribution in [0.3, 0.4) is 0 Å². The van der Waals surface area contributed by atoms with E-state index in [4.69, 9.17) is 15.1 Å². The third-order valence-corrected chi connectivity index (χ3v) is 2.71. The molecule has 0 aliphatic carbocycles. The summed E-state index contributed by atoms with van der Waals surface area (Å²) < 4.78 is 5.46. The number of hydrogen-bond donors (Lipinski definition) is 1. The molecule has 0 fully saturated rings. The van der Waals surface area contributed by atoms with Crippen LogP contribution in [0.5, 0.6) is 5.75 Å². The second-order valence-electron chi connectivity index (χ2n) is 3.98. The van der Waals surface area contributed by atoms with Crippen molar-refractivity contribution < 1.29 is 14.6 Å². The van der Waals surface area contributed by atoms with Gasteiger partial charge in [-0.25, -0.2) is 0 Å². The molecule has 18 heavy (non-hydrogen) atoms. The highest BCUT2D eigenvalue weighted by Crippen LogP contribution is 2.11. The summed E-state index contributed by atoms with van der Waals surface area (Å²) in [6.45, 7) is 2.55. The van der Waals surface area contributed by atoms with Crippen LogP contribution in [0.15, 0.2) is 24.3 Å². The minimum absolute atomic E-state index is 0.403.